The van der Waals surface area contributed by atoms with Crippen LogP contribution >= 0.6 is 0 Å². The molecule has 1 aromatic carbocycles. The highest BCUT2D eigenvalue weighted by Gasteiger charge is 2.21. The van der Waals surface area contributed by atoms with E-state index >= 15 is 0 Å². The van der Waals surface area contributed by atoms with Crippen molar-refractivity contribution in [1.29, 1.82) is 0 Å². The van der Waals surface area contributed by atoms with E-state index in [1.54, 1.807) is 16.8 Å². The minimum Gasteiger partial charge on any atom is -0.507 e. The van der Waals surface area contributed by atoms with E-state index in [1.165, 1.54) is 0 Å². The number of rotatable bonds is 3. The SMILES string of the molecule is Nc1nc(-c2cc(C3CNNC3)ccc2O)cn(C2CCCNC2)c1=O. The topological polar surface area (TPSA) is 117 Å². The van der Waals surface area contributed by atoms with E-state index in [9.17, 15) is 9.90 Å². The van der Waals surface area contributed by atoms with Gasteiger partial charge in [-0.05, 0) is 37.1 Å². The maximum atomic E-state index is 12.5. The summed E-state index contributed by atoms with van der Waals surface area (Å²) in [7, 11) is 0. The second-order valence-electron chi connectivity index (χ2n) is 6.96. The summed E-state index contributed by atoms with van der Waals surface area (Å²) in [4.78, 5) is 16.7. The molecular formula is C18H24N6O2. The first-order valence-electron chi connectivity index (χ1n) is 9.02. The molecule has 1 atom stereocenters. The second-order valence-corrected chi connectivity index (χ2v) is 6.96. The van der Waals surface area contributed by atoms with Crippen LogP contribution < -0.4 is 27.5 Å². The molecule has 2 aliphatic rings. The van der Waals surface area contributed by atoms with Gasteiger partial charge in [-0.15, -0.1) is 0 Å². The third-order valence-electron chi connectivity index (χ3n) is 5.21. The van der Waals surface area contributed by atoms with Crippen LogP contribution in [-0.4, -0.2) is 40.8 Å². The predicted octanol–water partition coefficient (Wildman–Crippen LogP) is 0.314. The summed E-state index contributed by atoms with van der Waals surface area (Å²) < 4.78 is 1.66. The molecule has 26 heavy (non-hydrogen) atoms. The average Bonchev–Trinajstić information content (AvgIpc) is 3.20. The Morgan fingerprint density at radius 1 is 1.23 bits per heavy atom. The van der Waals surface area contributed by atoms with Gasteiger partial charge in [-0.2, -0.15) is 0 Å². The summed E-state index contributed by atoms with van der Waals surface area (Å²) in [6.45, 7) is 3.35. The first-order valence-corrected chi connectivity index (χ1v) is 9.02. The number of nitrogen functional groups attached to an aromatic ring is 1. The lowest BCUT2D eigenvalue weighted by atomic mass is 9.96. The first kappa shape index (κ1) is 17.0. The molecule has 1 unspecified atom stereocenters. The van der Waals surface area contributed by atoms with E-state index in [2.05, 4.69) is 21.2 Å². The summed E-state index contributed by atoms with van der Waals surface area (Å²) in [6, 6.07) is 5.58. The Labute approximate surface area is 151 Å². The van der Waals surface area contributed by atoms with Crippen molar-refractivity contribution < 1.29 is 5.11 Å². The first-order chi connectivity index (χ1) is 12.6. The summed E-state index contributed by atoms with van der Waals surface area (Å²) in [5.41, 5.74) is 14.1. The fraction of sp³-hybridized carbons (Fsp3) is 0.444. The zero-order valence-corrected chi connectivity index (χ0v) is 14.5. The van der Waals surface area contributed by atoms with Gasteiger partial charge in [-0.25, -0.2) is 4.98 Å². The smallest absolute Gasteiger partial charge is 0.293 e. The molecule has 2 aliphatic heterocycles. The largest absolute Gasteiger partial charge is 0.507 e. The molecule has 8 nitrogen and oxygen atoms in total. The third-order valence-corrected chi connectivity index (χ3v) is 5.21. The standard InChI is InChI=1S/C18H24N6O2/c19-17-18(26)24(13-2-1-5-20-9-13)10-15(23-17)14-6-11(3-4-16(14)25)12-7-21-22-8-12/h3-4,6,10,12-13,20-22,25H,1-2,5,7-9H2,(H2,19,23). The minimum absolute atomic E-state index is 0.0397. The van der Waals surface area contributed by atoms with Crippen LogP contribution in [0.1, 0.15) is 30.4 Å². The van der Waals surface area contributed by atoms with Crippen LogP contribution in [0.15, 0.2) is 29.2 Å². The number of piperidine rings is 1. The Morgan fingerprint density at radius 2 is 2.04 bits per heavy atom. The van der Waals surface area contributed by atoms with Gasteiger partial charge in [-0.1, -0.05) is 6.07 Å². The van der Waals surface area contributed by atoms with Gasteiger partial charge in [0.15, 0.2) is 5.82 Å². The Bertz CT molecular complexity index is 853. The maximum Gasteiger partial charge on any atom is 0.293 e. The molecule has 6 N–H and O–H groups in total. The lowest BCUT2D eigenvalue weighted by Crippen LogP contribution is -2.37. The van der Waals surface area contributed by atoms with Gasteiger partial charge in [0, 0.05) is 43.4 Å². The highest BCUT2D eigenvalue weighted by molar-refractivity contribution is 5.68. The van der Waals surface area contributed by atoms with Gasteiger partial charge in [0.1, 0.15) is 5.75 Å². The normalized spacial score (nSPS) is 21.2. The van der Waals surface area contributed by atoms with Crippen LogP contribution in [-0.2, 0) is 0 Å². The number of anilines is 1. The minimum atomic E-state index is -0.276. The Hall–Kier alpha value is -2.42. The van der Waals surface area contributed by atoms with Crippen molar-refractivity contribution in [3.63, 3.8) is 0 Å². The molecule has 0 saturated carbocycles. The van der Waals surface area contributed by atoms with Crippen LogP contribution in [0.25, 0.3) is 11.3 Å². The van der Waals surface area contributed by atoms with Crippen LogP contribution in [0.3, 0.4) is 0 Å². The second kappa shape index (κ2) is 7.06. The van der Waals surface area contributed by atoms with Crippen LogP contribution in [0.5, 0.6) is 5.75 Å². The monoisotopic (exact) mass is 356 g/mol. The van der Waals surface area contributed by atoms with Crippen LogP contribution in [0.2, 0.25) is 0 Å². The average molecular weight is 356 g/mol. The van der Waals surface area contributed by atoms with Crippen molar-refractivity contribution in [1.82, 2.24) is 25.7 Å². The van der Waals surface area contributed by atoms with Crippen molar-refractivity contribution in [2.24, 2.45) is 0 Å². The summed E-state index contributed by atoms with van der Waals surface area (Å²) in [6.07, 6.45) is 3.65. The van der Waals surface area contributed by atoms with Crippen LogP contribution in [0, 0.1) is 0 Å². The number of hydrogen-bond donors (Lipinski definition) is 5. The fourth-order valence-electron chi connectivity index (χ4n) is 3.71. The molecule has 2 saturated heterocycles. The number of nitrogens with two attached hydrogens (primary N) is 1. The van der Waals surface area contributed by atoms with Crippen molar-refractivity contribution in [2.45, 2.75) is 24.8 Å². The molecule has 8 heteroatoms. The summed E-state index contributed by atoms with van der Waals surface area (Å²) in [5.74, 6) is 0.411. The number of aromatic hydroxyl groups is 1. The van der Waals surface area contributed by atoms with Gasteiger partial charge in [0.25, 0.3) is 5.56 Å². The maximum absolute atomic E-state index is 12.5. The molecule has 3 heterocycles. The summed E-state index contributed by atoms with van der Waals surface area (Å²) in [5, 5.41) is 13.7. The predicted molar refractivity (Wildman–Crippen MR) is 99.9 cm³/mol. The van der Waals surface area contributed by atoms with Crippen molar-refractivity contribution >= 4 is 5.82 Å². The molecule has 1 aromatic heterocycles. The number of hydrogen-bond acceptors (Lipinski definition) is 7. The van der Waals surface area contributed by atoms with E-state index < -0.39 is 0 Å². The molecule has 2 aromatic rings. The van der Waals surface area contributed by atoms with Gasteiger partial charge in [0.05, 0.1) is 5.69 Å². The van der Waals surface area contributed by atoms with E-state index in [1.807, 2.05) is 12.1 Å². The lowest BCUT2D eigenvalue weighted by molar-refractivity contribution is 0.364. The number of aromatic nitrogens is 2. The summed E-state index contributed by atoms with van der Waals surface area (Å²) >= 11 is 0. The number of hydrazine groups is 1. The molecule has 0 spiro atoms. The molecule has 4 rings (SSSR count). The van der Waals surface area contributed by atoms with Crippen molar-refractivity contribution in [3.05, 3.63) is 40.3 Å². The molecule has 0 aliphatic carbocycles. The molecular weight excluding hydrogens is 332 g/mol. The number of phenols is 1. The van der Waals surface area contributed by atoms with Crippen molar-refractivity contribution in [3.8, 4) is 17.0 Å². The van der Waals surface area contributed by atoms with Crippen molar-refractivity contribution in [2.75, 3.05) is 31.9 Å². The zero-order chi connectivity index (χ0) is 18.1. The van der Waals surface area contributed by atoms with Crippen LogP contribution in [0.4, 0.5) is 5.82 Å². The third kappa shape index (κ3) is 3.18. The Kier molecular flexibility index (Phi) is 4.62. The van der Waals surface area contributed by atoms with E-state index in [-0.39, 0.29) is 23.2 Å². The number of phenolic OH excluding ortho intramolecular Hbond substituents is 1. The molecule has 0 amide bonds. The number of nitrogens with one attached hydrogen (secondary N) is 3. The highest BCUT2D eigenvalue weighted by Crippen LogP contribution is 2.32. The Balaban J connectivity index is 1.76. The molecule has 2 fully saturated rings. The molecule has 0 bridgehead atoms. The molecule has 138 valence electrons. The van der Waals surface area contributed by atoms with E-state index in [0.717, 1.165) is 44.6 Å². The van der Waals surface area contributed by atoms with Gasteiger partial charge < -0.3 is 20.7 Å². The molecule has 0 radical (unpaired) electrons. The number of benzene rings is 1. The lowest BCUT2D eigenvalue weighted by Gasteiger charge is -2.25. The van der Waals surface area contributed by atoms with E-state index in [4.69, 9.17) is 5.73 Å². The quantitative estimate of drug-likeness (QED) is 0.537. The number of nitrogens with zero attached hydrogens (tertiary/aromatic N) is 2. The zero-order valence-electron chi connectivity index (χ0n) is 14.5. The fourth-order valence-corrected chi connectivity index (χ4v) is 3.71. The van der Waals surface area contributed by atoms with Gasteiger partial charge in [-0.3, -0.25) is 15.6 Å². The highest BCUT2D eigenvalue weighted by atomic mass is 16.3. The van der Waals surface area contributed by atoms with Gasteiger partial charge >= 0.3 is 0 Å². The van der Waals surface area contributed by atoms with E-state index in [0.29, 0.717) is 17.2 Å². The Morgan fingerprint density at radius 3 is 2.77 bits per heavy atom. The van der Waals surface area contributed by atoms with Gasteiger partial charge in [0.2, 0.25) is 0 Å².